The van der Waals surface area contributed by atoms with Gasteiger partial charge in [-0.25, -0.2) is 9.59 Å². The third kappa shape index (κ3) is 3.48. The summed E-state index contributed by atoms with van der Waals surface area (Å²) in [5.41, 5.74) is 1.10. The summed E-state index contributed by atoms with van der Waals surface area (Å²) in [4.78, 5) is 24.4. The summed E-state index contributed by atoms with van der Waals surface area (Å²) in [6, 6.07) is 6.34. The fourth-order valence-electron chi connectivity index (χ4n) is 2.16. The van der Waals surface area contributed by atoms with Crippen molar-refractivity contribution in [1.29, 1.82) is 0 Å². The first-order valence-corrected chi connectivity index (χ1v) is 6.48. The van der Waals surface area contributed by atoms with Crippen molar-refractivity contribution >= 4 is 12.0 Å². The lowest BCUT2D eigenvalue weighted by Gasteiger charge is -2.17. The molecule has 6 heteroatoms. The molecule has 1 aromatic carbocycles. The lowest BCUT2D eigenvalue weighted by molar-refractivity contribution is 0.0697. The fourth-order valence-corrected chi connectivity index (χ4v) is 2.16. The number of rotatable bonds is 4. The van der Waals surface area contributed by atoms with Gasteiger partial charge in [0.05, 0.1) is 11.7 Å². The molecule has 2 rings (SSSR count). The second-order valence-electron chi connectivity index (χ2n) is 4.75. The number of benzene rings is 1. The van der Waals surface area contributed by atoms with Gasteiger partial charge in [-0.05, 0) is 24.1 Å². The zero-order valence-electron chi connectivity index (χ0n) is 11.3. The van der Waals surface area contributed by atoms with Gasteiger partial charge in [0.15, 0.2) is 0 Å². The molecule has 1 heterocycles. The highest BCUT2D eigenvalue weighted by Crippen LogP contribution is 2.12. The number of methoxy groups -OCH3 is 1. The first-order valence-electron chi connectivity index (χ1n) is 6.48. The van der Waals surface area contributed by atoms with Crippen LogP contribution in [0.3, 0.4) is 0 Å². The van der Waals surface area contributed by atoms with E-state index in [4.69, 9.17) is 9.84 Å². The Kier molecular flexibility index (Phi) is 4.57. The topological polar surface area (TPSA) is 78.9 Å². The lowest BCUT2D eigenvalue weighted by Crippen LogP contribution is -2.38. The monoisotopic (exact) mass is 278 g/mol. The van der Waals surface area contributed by atoms with E-state index in [2.05, 4.69) is 5.32 Å². The van der Waals surface area contributed by atoms with Crippen LogP contribution in [-0.2, 0) is 11.3 Å². The minimum atomic E-state index is -0.955. The van der Waals surface area contributed by atoms with Crippen molar-refractivity contribution in [3.05, 3.63) is 35.4 Å². The van der Waals surface area contributed by atoms with Crippen molar-refractivity contribution in [3.63, 3.8) is 0 Å². The second kappa shape index (κ2) is 6.38. The van der Waals surface area contributed by atoms with E-state index >= 15 is 0 Å². The van der Waals surface area contributed by atoms with Crippen molar-refractivity contribution in [2.24, 2.45) is 0 Å². The Balaban J connectivity index is 1.83. The Bertz CT molecular complexity index is 486. The van der Waals surface area contributed by atoms with Gasteiger partial charge in [0.25, 0.3) is 0 Å². The Hall–Kier alpha value is -2.08. The molecule has 1 aromatic rings. The number of ether oxygens (including phenoxy) is 1. The predicted molar refractivity (Wildman–Crippen MR) is 72.6 cm³/mol. The molecule has 1 atom stereocenters. The number of aromatic carboxylic acids is 1. The summed E-state index contributed by atoms with van der Waals surface area (Å²) in [6.45, 7) is 1.69. The van der Waals surface area contributed by atoms with Gasteiger partial charge in [-0.2, -0.15) is 0 Å². The van der Waals surface area contributed by atoms with Crippen LogP contribution < -0.4 is 5.32 Å². The SMILES string of the molecule is CO[C@H]1CCN(C(=O)NCc2ccc(C(=O)O)cc2)C1. The van der Waals surface area contributed by atoms with Gasteiger partial charge < -0.3 is 20.1 Å². The molecule has 0 unspecified atom stereocenters. The molecular formula is C14H18N2O4. The van der Waals surface area contributed by atoms with Gasteiger partial charge >= 0.3 is 12.0 Å². The van der Waals surface area contributed by atoms with Crippen LogP contribution in [0.4, 0.5) is 4.79 Å². The molecule has 2 amide bonds. The zero-order chi connectivity index (χ0) is 14.5. The minimum absolute atomic E-state index is 0.119. The lowest BCUT2D eigenvalue weighted by atomic mass is 10.1. The van der Waals surface area contributed by atoms with Gasteiger partial charge in [-0.3, -0.25) is 0 Å². The average Bonchev–Trinajstić information content (AvgIpc) is 2.94. The van der Waals surface area contributed by atoms with E-state index in [-0.39, 0.29) is 17.7 Å². The number of carboxylic acid groups (broad SMARTS) is 1. The molecule has 20 heavy (non-hydrogen) atoms. The average molecular weight is 278 g/mol. The molecule has 108 valence electrons. The molecule has 0 aliphatic carbocycles. The molecule has 0 aromatic heterocycles. The predicted octanol–water partition coefficient (Wildman–Crippen LogP) is 1.32. The third-order valence-corrected chi connectivity index (χ3v) is 3.41. The zero-order valence-corrected chi connectivity index (χ0v) is 11.3. The van der Waals surface area contributed by atoms with E-state index in [1.165, 1.54) is 12.1 Å². The minimum Gasteiger partial charge on any atom is -0.478 e. The van der Waals surface area contributed by atoms with E-state index in [0.29, 0.717) is 19.6 Å². The Morgan fingerprint density at radius 2 is 2.10 bits per heavy atom. The van der Waals surface area contributed by atoms with Crippen LogP contribution in [0.5, 0.6) is 0 Å². The van der Waals surface area contributed by atoms with Crippen LogP contribution in [0.25, 0.3) is 0 Å². The highest BCUT2D eigenvalue weighted by molar-refractivity contribution is 5.87. The van der Waals surface area contributed by atoms with Crippen LogP contribution in [0, 0.1) is 0 Å². The number of likely N-dealkylation sites (tertiary alicyclic amines) is 1. The molecule has 1 saturated heterocycles. The molecule has 0 bridgehead atoms. The van der Waals surface area contributed by atoms with E-state index in [1.807, 2.05) is 0 Å². The van der Waals surface area contributed by atoms with Gasteiger partial charge in [-0.1, -0.05) is 12.1 Å². The van der Waals surface area contributed by atoms with Crippen molar-refractivity contribution in [2.75, 3.05) is 20.2 Å². The van der Waals surface area contributed by atoms with Crippen LogP contribution in [0.15, 0.2) is 24.3 Å². The maximum atomic E-state index is 11.9. The smallest absolute Gasteiger partial charge is 0.335 e. The first-order chi connectivity index (χ1) is 9.60. The molecule has 1 aliphatic heterocycles. The molecule has 1 fully saturated rings. The quantitative estimate of drug-likeness (QED) is 0.870. The maximum Gasteiger partial charge on any atom is 0.335 e. The van der Waals surface area contributed by atoms with Crippen molar-refractivity contribution in [1.82, 2.24) is 10.2 Å². The maximum absolute atomic E-state index is 11.9. The molecular weight excluding hydrogens is 260 g/mol. The fraction of sp³-hybridized carbons (Fsp3) is 0.429. The molecule has 0 saturated carbocycles. The van der Waals surface area contributed by atoms with Crippen molar-refractivity contribution in [2.45, 2.75) is 19.1 Å². The summed E-state index contributed by atoms with van der Waals surface area (Å²) >= 11 is 0. The standard InChI is InChI=1S/C14H18N2O4/c1-20-12-6-7-16(9-12)14(19)15-8-10-2-4-11(5-3-10)13(17)18/h2-5,12H,6-9H2,1H3,(H,15,19)(H,17,18)/t12-/m0/s1. The molecule has 0 radical (unpaired) electrons. The van der Waals surface area contributed by atoms with Crippen LogP contribution >= 0.6 is 0 Å². The van der Waals surface area contributed by atoms with Gasteiger partial charge in [0.2, 0.25) is 0 Å². The van der Waals surface area contributed by atoms with E-state index in [0.717, 1.165) is 12.0 Å². The highest BCUT2D eigenvalue weighted by Gasteiger charge is 2.25. The van der Waals surface area contributed by atoms with E-state index in [9.17, 15) is 9.59 Å². The summed E-state index contributed by atoms with van der Waals surface area (Å²) in [5, 5.41) is 11.6. The molecule has 2 N–H and O–H groups in total. The number of hydrogen-bond acceptors (Lipinski definition) is 3. The summed E-state index contributed by atoms with van der Waals surface area (Å²) in [7, 11) is 1.65. The van der Waals surface area contributed by atoms with Crippen molar-refractivity contribution in [3.8, 4) is 0 Å². The second-order valence-corrected chi connectivity index (χ2v) is 4.75. The van der Waals surface area contributed by atoms with Gasteiger partial charge in [0.1, 0.15) is 0 Å². The molecule has 0 spiro atoms. The number of hydrogen-bond donors (Lipinski definition) is 2. The Morgan fingerprint density at radius 1 is 1.40 bits per heavy atom. The molecule has 1 aliphatic rings. The van der Waals surface area contributed by atoms with Crippen LogP contribution in [0.2, 0.25) is 0 Å². The number of amides is 2. The van der Waals surface area contributed by atoms with E-state index in [1.54, 1.807) is 24.1 Å². The largest absolute Gasteiger partial charge is 0.478 e. The normalized spacial score (nSPS) is 18.1. The summed E-state index contributed by atoms with van der Waals surface area (Å²) in [6.07, 6.45) is 0.979. The number of nitrogens with zero attached hydrogens (tertiary/aromatic N) is 1. The number of carboxylic acids is 1. The number of carbonyl (C=O) groups excluding carboxylic acids is 1. The highest BCUT2D eigenvalue weighted by atomic mass is 16.5. The van der Waals surface area contributed by atoms with Crippen LogP contribution in [-0.4, -0.2) is 48.3 Å². The summed E-state index contributed by atoms with van der Waals surface area (Å²) < 4.78 is 5.21. The first kappa shape index (κ1) is 14.3. The number of urea groups is 1. The van der Waals surface area contributed by atoms with Crippen molar-refractivity contribution < 1.29 is 19.4 Å². The number of nitrogens with one attached hydrogen (secondary N) is 1. The van der Waals surface area contributed by atoms with E-state index < -0.39 is 5.97 Å². The third-order valence-electron chi connectivity index (χ3n) is 3.41. The van der Waals surface area contributed by atoms with Gasteiger partial charge in [-0.15, -0.1) is 0 Å². The Labute approximate surface area is 117 Å². The number of carbonyl (C=O) groups is 2. The Morgan fingerprint density at radius 3 is 2.65 bits per heavy atom. The summed E-state index contributed by atoms with van der Waals surface area (Å²) in [5.74, 6) is -0.955. The molecule has 6 nitrogen and oxygen atoms in total. The van der Waals surface area contributed by atoms with Gasteiger partial charge in [0, 0.05) is 26.7 Å². The van der Waals surface area contributed by atoms with Crippen LogP contribution in [0.1, 0.15) is 22.3 Å².